The van der Waals surface area contributed by atoms with E-state index in [0.717, 1.165) is 5.52 Å². The van der Waals surface area contributed by atoms with Crippen molar-refractivity contribution >= 4 is 28.9 Å². The number of imidazole rings is 1. The highest BCUT2D eigenvalue weighted by molar-refractivity contribution is 6.08. The Kier molecular flexibility index (Phi) is 7.11. The van der Waals surface area contributed by atoms with E-state index < -0.39 is 23.8 Å². The number of carbonyl (C=O) groups excluding carboxylic acids is 2. The number of methoxy groups -OCH3 is 3. The molecule has 2 atom stereocenters. The van der Waals surface area contributed by atoms with Crippen LogP contribution in [0, 0.1) is 5.92 Å². The number of nitrogens with zero attached hydrogens (tertiary/aromatic N) is 3. The fourth-order valence-electron chi connectivity index (χ4n) is 4.51. The molecule has 0 spiro atoms. The van der Waals surface area contributed by atoms with Crippen LogP contribution in [-0.2, 0) is 19.1 Å². The number of phenolic OH excluding ortho intramolecular Hbond substituents is 1. The number of esters is 1. The van der Waals surface area contributed by atoms with Gasteiger partial charge in [0.25, 0.3) is 0 Å². The summed E-state index contributed by atoms with van der Waals surface area (Å²) in [7, 11) is 4.43. The topological polar surface area (TPSA) is 112 Å². The minimum Gasteiger partial charge on any atom is -0.502 e. The normalized spacial score (nSPS) is 17.4. The highest BCUT2D eigenvalue weighted by Crippen LogP contribution is 2.45. The van der Waals surface area contributed by atoms with E-state index in [-0.39, 0.29) is 23.9 Å². The van der Waals surface area contributed by atoms with Crippen molar-refractivity contribution in [2.24, 2.45) is 5.92 Å². The van der Waals surface area contributed by atoms with Gasteiger partial charge in [0.15, 0.2) is 17.4 Å². The Hall–Kier alpha value is -3.79. The summed E-state index contributed by atoms with van der Waals surface area (Å²) >= 11 is 0. The van der Waals surface area contributed by atoms with Crippen LogP contribution in [0.25, 0.3) is 11.0 Å². The minimum absolute atomic E-state index is 0.124. The summed E-state index contributed by atoms with van der Waals surface area (Å²) in [6, 6.07) is 9.86. The van der Waals surface area contributed by atoms with Crippen LogP contribution in [0.15, 0.2) is 36.4 Å². The number of para-hydroxylation sites is 2. The molecule has 4 rings (SSSR count). The molecular weight excluding hydrogens is 454 g/mol. The lowest BCUT2D eigenvalue weighted by atomic mass is 9.89. The number of phenols is 1. The third kappa shape index (κ3) is 4.25. The molecule has 1 aliphatic rings. The Morgan fingerprint density at radius 2 is 1.80 bits per heavy atom. The van der Waals surface area contributed by atoms with Gasteiger partial charge in [-0.15, -0.1) is 0 Å². The van der Waals surface area contributed by atoms with E-state index in [1.54, 1.807) is 26.2 Å². The van der Waals surface area contributed by atoms with Gasteiger partial charge >= 0.3 is 5.97 Å². The van der Waals surface area contributed by atoms with Crippen LogP contribution in [-0.4, -0.2) is 67.6 Å². The van der Waals surface area contributed by atoms with Crippen molar-refractivity contribution in [1.82, 2.24) is 9.55 Å². The van der Waals surface area contributed by atoms with Crippen LogP contribution >= 0.6 is 0 Å². The molecule has 0 aliphatic carbocycles. The van der Waals surface area contributed by atoms with Gasteiger partial charge in [0.1, 0.15) is 0 Å². The first-order valence-electron chi connectivity index (χ1n) is 11.4. The van der Waals surface area contributed by atoms with Gasteiger partial charge in [-0.2, -0.15) is 0 Å². The number of anilines is 1. The Balaban J connectivity index is 1.99. The van der Waals surface area contributed by atoms with Crippen molar-refractivity contribution in [2.45, 2.75) is 19.4 Å². The number of carbonyl (C=O) groups is 2. The molecule has 1 N–H and O–H groups in total. The lowest BCUT2D eigenvalue weighted by Gasteiger charge is -2.38. The van der Waals surface area contributed by atoms with Crippen molar-refractivity contribution in [3.05, 3.63) is 42.0 Å². The van der Waals surface area contributed by atoms with Crippen LogP contribution in [0.5, 0.6) is 17.2 Å². The molecule has 35 heavy (non-hydrogen) atoms. The number of aromatic hydroxyl groups is 1. The van der Waals surface area contributed by atoms with E-state index in [2.05, 4.69) is 0 Å². The average Bonchev–Trinajstić information content (AvgIpc) is 3.24. The maximum atomic E-state index is 13.9. The minimum atomic E-state index is -1.19. The molecule has 2 heterocycles. The third-order valence-electron chi connectivity index (χ3n) is 6.06. The summed E-state index contributed by atoms with van der Waals surface area (Å²) in [6.07, 6.45) is 0.562. The predicted octanol–water partition coefficient (Wildman–Crippen LogP) is 2.91. The molecule has 186 valence electrons. The standard InChI is InChI=1S/C25H29N3O7/c1-5-35-24(31)20-21(15-13-18(33-3)22(29)19(14-15)34-4)28-17-10-7-6-9-16(17)26-25(28)27(23(20)30)11-8-12-32-2/h6-7,9-10,13-14,20-21,29H,5,8,11-12H2,1-4H3. The van der Waals surface area contributed by atoms with E-state index >= 15 is 0 Å². The number of amides is 1. The maximum absolute atomic E-state index is 13.9. The summed E-state index contributed by atoms with van der Waals surface area (Å²) < 4.78 is 23.1. The zero-order valence-corrected chi connectivity index (χ0v) is 20.2. The number of benzene rings is 2. The van der Waals surface area contributed by atoms with Crippen LogP contribution in [0.3, 0.4) is 0 Å². The maximum Gasteiger partial charge on any atom is 0.321 e. The molecule has 10 nitrogen and oxygen atoms in total. The van der Waals surface area contributed by atoms with E-state index in [9.17, 15) is 14.7 Å². The van der Waals surface area contributed by atoms with Crippen molar-refractivity contribution < 1.29 is 33.6 Å². The lowest BCUT2D eigenvalue weighted by molar-refractivity contribution is -0.153. The number of hydrogen-bond donors (Lipinski definition) is 1. The molecule has 10 heteroatoms. The Morgan fingerprint density at radius 1 is 1.11 bits per heavy atom. The smallest absolute Gasteiger partial charge is 0.321 e. The van der Waals surface area contributed by atoms with Gasteiger partial charge in [-0.1, -0.05) is 12.1 Å². The SMILES string of the molecule is CCOC(=O)C1C(=O)N(CCCOC)c2nc3ccccc3n2C1c1cc(OC)c(O)c(OC)c1. The van der Waals surface area contributed by atoms with Gasteiger partial charge in [0, 0.05) is 20.3 Å². The molecule has 1 amide bonds. The van der Waals surface area contributed by atoms with Gasteiger partial charge in [0.05, 0.1) is 37.9 Å². The zero-order valence-electron chi connectivity index (χ0n) is 20.2. The molecule has 0 saturated carbocycles. The molecule has 0 bridgehead atoms. The van der Waals surface area contributed by atoms with Crippen molar-refractivity contribution in [3.8, 4) is 17.2 Å². The molecule has 2 unspecified atom stereocenters. The van der Waals surface area contributed by atoms with E-state index in [1.165, 1.54) is 19.1 Å². The average molecular weight is 484 g/mol. The Bertz CT molecular complexity index is 1210. The first-order chi connectivity index (χ1) is 17.0. The van der Waals surface area contributed by atoms with Crippen molar-refractivity contribution in [1.29, 1.82) is 0 Å². The zero-order chi connectivity index (χ0) is 25.1. The summed E-state index contributed by atoms with van der Waals surface area (Å²) in [4.78, 5) is 33.4. The lowest BCUT2D eigenvalue weighted by Crippen LogP contribution is -2.50. The van der Waals surface area contributed by atoms with Crippen molar-refractivity contribution in [3.63, 3.8) is 0 Å². The second-order valence-electron chi connectivity index (χ2n) is 8.06. The van der Waals surface area contributed by atoms with Gasteiger partial charge in [-0.05, 0) is 43.2 Å². The summed E-state index contributed by atoms with van der Waals surface area (Å²) in [5.41, 5.74) is 1.96. The summed E-state index contributed by atoms with van der Waals surface area (Å²) in [6.45, 7) is 2.59. The molecule has 1 aromatic heterocycles. The van der Waals surface area contributed by atoms with E-state index in [4.69, 9.17) is 23.9 Å². The quantitative estimate of drug-likeness (QED) is 0.281. The van der Waals surface area contributed by atoms with Crippen LogP contribution in [0.1, 0.15) is 24.9 Å². The summed E-state index contributed by atoms with van der Waals surface area (Å²) in [5, 5.41) is 10.5. The monoisotopic (exact) mass is 483 g/mol. The van der Waals surface area contributed by atoms with E-state index in [1.807, 2.05) is 28.8 Å². The molecule has 3 aromatic rings. The Morgan fingerprint density at radius 3 is 2.43 bits per heavy atom. The highest BCUT2D eigenvalue weighted by Gasteiger charge is 2.48. The number of hydrogen-bond acceptors (Lipinski definition) is 8. The number of rotatable bonds is 9. The van der Waals surface area contributed by atoms with Gasteiger partial charge in [-0.3, -0.25) is 14.5 Å². The second-order valence-corrected chi connectivity index (χ2v) is 8.06. The van der Waals surface area contributed by atoms with Crippen LogP contribution in [0.2, 0.25) is 0 Å². The van der Waals surface area contributed by atoms with Crippen molar-refractivity contribution in [2.75, 3.05) is 46.0 Å². The molecule has 0 radical (unpaired) electrons. The third-order valence-corrected chi connectivity index (χ3v) is 6.06. The van der Waals surface area contributed by atoms with Gasteiger partial charge in [-0.25, -0.2) is 4.98 Å². The highest BCUT2D eigenvalue weighted by atomic mass is 16.5. The fraction of sp³-hybridized carbons (Fsp3) is 0.400. The number of aromatic nitrogens is 2. The molecule has 2 aromatic carbocycles. The first kappa shape index (κ1) is 24.3. The van der Waals surface area contributed by atoms with Crippen LogP contribution < -0.4 is 14.4 Å². The van der Waals surface area contributed by atoms with E-state index in [0.29, 0.717) is 36.6 Å². The fourth-order valence-corrected chi connectivity index (χ4v) is 4.51. The molecule has 0 fully saturated rings. The molecule has 0 saturated heterocycles. The van der Waals surface area contributed by atoms with Gasteiger partial charge < -0.3 is 28.6 Å². The molecule has 1 aliphatic heterocycles. The van der Waals surface area contributed by atoms with Gasteiger partial charge in [0.2, 0.25) is 17.6 Å². The largest absolute Gasteiger partial charge is 0.502 e. The number of ether oxygens (including phenoxy) is 4. The predicted molar refractivity (Wildman–Crippen MR) is 128 cm³/mol. The first-order valence-corrected chi connectivity index (χ1v) is 11.4. The molecular formula is C25H29N3O7. The number of fused-ring (bicyclic) bond motifs is 3. The Labute approximate surface area is 203 Å². The second kappa shape index (κ2) is 10.2. The summed E-state index contributed by atoms with van der Waals surface area (Å²) in [5.74, 6) is -1.70. The van der Waals surface area contributed by atoms with Crippen LogP contribution in [0.4, 0.5) is 5.95 Å².